The minimum Gasteiger partial charge on any atom is -0.396 e. The summed E-state index contributed by atoms with van der Waals surface area (Å²) in [6.07, 6.45) is 2.03. The Balaban J connectivity index is 2.02. The lowest BCUT2D eigenvalue weighted by Gasteiger charge is -2.16. The van der Waals surface area contributed by atoms with Gasteiger partial charge in [-0.05, 0) is 34.7 Å². The number of rotatable bonds is 2. The molecule has 0 amide bonds. The normalized spacial score (nSPS) is 37.6. The highest BCUT2D eigenvalue weighted by molar-refractivity contribution is 9.10. The Labute approximate surface area is 110 Å². The second-order valence-corrected chi connectivity index (χ2v) is 6.02. The lowest BCUT2D eigenvalue weighted by molar-refractivity contribution is 0.0599. The van der Waals surface area contributed by atoms with Crippen molar-refractivity contribution < 1.29 is 10.2 Å². The van der Waals surface area contributed by atoms with Crippen LogP contribution in [-0.2, 0) is 0 Å². The van der Waals surface area contributed by atoms with Crippen LogP contribution in [0.3, 0.4) is 0 Å². The van der Waals surface area contributed by atoms with Crippen LogP contribution >= 0.6 is 15.9 Å². The number of aromatic amines is 1. The van der Waals surface area contributed by atoms with Crippen molar-refractivity contribution in [1.82, 2.24) is 9.55 Å². The van der Waals surface area contributed by atoms with E-state index in [0.29, 0.717) is 10.9 Å². The van der Waals surface area contributed by atoms with Crippen LogP contribution < -0.4 is 11.2 Å². The second-order valence-electron chi connectivity index (χ2n) is 5.16. The smallest absolute Gasteiger partial charge is 0.328 e. The Morgan fingerprint density at radius 1 is 1.56 bits per heavy atom. The number of fused-ring (bicyclic) bond motifs is 1. The number of H-pyrrole nitrogens is 1. The molecule has 18 heavy (non-hydrogen) atoms. The zero-order chi connectivity index (χ0) is 13.1. The quantitative estimate of drug-likeness (QED) is 0.692. The molecule has 1 aromatic rings. The molecule has 7 heteroatoms. The van der Waals surface area contributed by atoms with E-state index in [0.717, 1.165) is 6.42 Å². The van der Waals surface area contributed by atoms with Gasteiger partial charge in [-0.3, -0.25) is 14.3 Å². The van der Waals surface area contributed by atoms with Crippen LogP contribution in [0.15, 0.2) is 20.3 Å². The third-order valence-electron chi connectivity index (χ3n) is 4.35. The highest BCUT2D eigenvalue weighted by Crippen LogP contribution is 2.66. The summed E-state index contributed by atoms with van der Waals surface area (Å²) in [5.41, 5.74) is -1.37. The molecule has 3 rings (SSSR count). The Morgan fingerprint density at radius 2 is 2.28 bits per heavy atom. The number of nitrogens with one attached hydrogen (secondary N) is 1. The monoisotopic (exact) mass is 316 g/mol. The van der Waals surface area contributed by atoms with E-state index in [1.807, 2.05) is 0 Å². The van der Waals surface area contributed by atoms with Crippen LogP contribution in [0.4, 0.5) is 0 Å². The van der Waals surface area contributed by atoms with Crippen molar-refractivity contribution in [2.24, 2.45) is 11.3 Å². The van der Waals surface area contributed by atoms with Crippen LogP contribution in [-0.4, -0.2) is 32.5 Å². The van der Waals surface area contributed by atoms with Crippen LogP contribution in [0.1, 0.15) is 18.9 Å². The fourth-order valence-electron chi connectivity index (χ4n) is 3.18. The third-order valence-corrected chi connectivity index (χ3v) is 4.91. The Bertz CT molecular complexity index is 610. The number of hydrogen-bond donors (Lipinski definition) is 3. The molecule has 0 radical (unpaired) electrons. The Morgan fingerprint density at radius 3 is 2.83 bits per heavy atom. The molecule has 2 saturated carbocycles. The van der Waals surface area contributed by atoms with Gasteiger partial charge >= 0.3 is 5.69 Å². The van der Waals surface area contributed by atoms with Crippen molar-refractivity contribution in [3.8, 4) is 0 Å². The maximum atomic E-state index is 11.8. The van der Waals surface area contributed by atoms with E-state index in [4.69, 9.17) is 0 Å². The number of aliphatic hydroxyl groups excluding tert-OH is 2. The zero-order valence-corrected chi connectivity index (χ0v) is 11.1. The van der Waals surface area contributed by atoms with Crippen molar-refractivity contribution in [3.63, 3.8) is 0 Å². The second kappa shape index (κ2) is 3.79. The molecule has 2 aliphatic rings. The van der Waals surface area contributed by atoms with Crippen molar-refractivity contribution in [3.05, 3.63) is 31.5 Å². The summed E-state index contributed by atoms with van der Waals surface area (Å²) in [4.78, 5) is 25.3. The van der Waals surface area contributed by atoms with E-state index >= 15 is 0 Å². The van der Waals surface area contributed by atoms with Gasteiger partial charge in [-0.15, -0.1) is 0 Å². The maximum absolute atomic E-state index is 11.8. The molecule has 0 aromatic carbocycles. The lowest BCUT2D eigenvalue weighted by atomic mass is 10.0. The number of aliphatic hydroxyl groups is 2. The first-order chi connectivity index (χ1) is 8.49. The molecule has 3 N–H and O–H groups in total. The standard InChI is InChI=1S/C11H13BrN2O4/c12-6-3-14(10(18)13-9(6)17)7-1-8(16)11(4-15)2-5(7)11/h3,5,7-8,15-16H,1-2,4H2,(H,13,17,18)/t5-,7+,8+,11?/m1/s1. The summed E-state index contributed by atoms with van der Waals surface area (Å²) in [7, 11) is 0. The Hall–Kier alpha value is -0.920. The fourth-order valence-corrected chi connectivity index (χ4v) is 3.50. The molecule has 0 aliphatic heterocycles. The summed E-state index contributed by atoms with van der Waals surface area (Å²) in [5, 5.41) is 19.3. The minimum absolute atomic E-state index is 0.0609. The SMILES string of the molecule is O=c1[nH]c(=O)n([C@H]2C[C@H](O)C3(CO)C[C@H]23)cc1Br. The third kappa shape index (κ3) is 1.47. The molecular weight excluding hydrogens is 304 g/mol. The van der Waals surface area contributed by atoms with Crippen LogP contribution in [0, 0.1) is 11.3 Å². The average molecular weight is 317 g/mol. The maximum Gasteiger partial charge on any atom is 0.328 e. The topological polar surface area (TPSA) is 95.3 Å². The summed E-state index contributed by atoms with van der Waals surface area (Å²) < 4.78 is 1.74. The first-order valence-electron chi connectivity index (χ1n) is 5.79. The highest BCUT2D eigenvalue weighted by Gasteiger charge is 2.67. The fraction of sp³-hybridized carbons (Fsp3) is 0.636. The van der Waals surface area contributed by atoms with Gasteiger partial charge in [0.2, 0.25) is 0 Å². The van der Waals surface area contributed by atoms with E-state index < -0.39 is 22.8 Å². The van der Waals surface area contributed by atoms with Crippen molar-refractivity contribution in [2.45, 2.75) is 25.0 Å². The Kier molecular flexibility index (Phi) is 2.55. The van der Waals surface area contributed by atoms with E-state index in [1.54, 1.807) is 0 Å². The van der Waals surface area contributed by atoms with Gasteiger partial charge in [0.05, 0.1) is 17.2 Å². The van der Waals surface area contributed by atoms with Gasteiger partial charge in [-0.2, -0.15) is 0 Å². The van der Waals surface area contributed by atoms with Gasteiger partial charge in [0.15, 0.2) is 0 Å². The van der Waals surface area contributed by atoms with Gasteiger partial charge in [0.1, 0.15) is 0 Å². The minimum atomic E-state index is -0.588. The number of hydrogen-bond acceptors (Lipinski definition) is 4. The molecule has 1 heterocycles. The van der Waals surface area contributed by atoms with E-state index in [9.17, 15) is 19.8 Å². The molecule has 98 valence electrons. The van der Waals surface area contributed by atoms with Crippen molar-refractivity contribution in [1.29, 1.82) is 0 Å². The zero-order valence-electron chi connectivity index (χ0n) is 9.47. The number of nitrogens with zero attached hydrogens (tertiary/aromatic N) is 1. The molecule has 2 fully saturated rings. The molecule has 0 bridgehead atoms. The predicted octanol–water partition coefficient (Wildman–Crippen LogP) is -0.397. The largest absolute Gasteiger partial charge is 0.396 e. The molecule has 2 aliphatic carbocycles. The molecular formula is C11H13BrN2O4. The number of halogens is 1. The first-order valence-corrected chi connectivity index (χ1v) is 6.59. The molecule has 6 nitrogen and oxygen atoms in total. The van der Waals surface area contributed by atoms with E-state index in [2.05, 4.69) is 20.9 Å². The van der Waals surface area contributed by atoms with Gasteiger partial charge in [-0.25, -0.2) is 4.79 Å². The first kappa shape index (κ1) is 12.1. The van der Waals surface area contributed by atoms with E-state index in [1.165, 1.54) is 10.8 Å². The van der Waals surface area contributed by atoms with Crippen molar-refractivity contribution >= 4 is 15.9 Å². The summed E-state index contributed by atoms with van der Waals surface area (Å²) >= 11 is 3.09. The van der Waals surface area contributed by atoms with Crippen molar-refractivity contribution in [2.75, 3.05) is 6.61 Å². The summed E-state index contributed by atoms with van der Waals surface area (Å²) in [6, 6.07) is -0.159. The molecule has 0 saturated heterocycles. The molecule has 0 spiro atoms. The average Bonchev–Trinajstić information content (AvgIpc) is 3.01. The molecule has 1 unspecified atom stereocenters. The lowest BCUT2D eigenvalue weighted by Crippen LogP contribution is -2.33. The summed E-state index contributed by atoms with van der Waals surface area (Å²) in [6.45, 7) is -0.0609. The summed E-state index contributed by atoms with van der Waals surface area (Å²) in [5.74, 6) is 0.105. The van der Waals surface area contributed by atoms with Gasteiger partial charge in [0, 0.05) is 17.7 Å². The molecule has 1 aromatic heterocycles. The van der Waals surface area contributed by atoms with Gasteiger partial charge < -0.3 is 10.2 Å². The van der Waals surface area contributed by atoms with Gasteiger partial charge in [-0.1, -0.05) is 0 Å². The highest BCUT2D eigenvalue weighted by atomic mass is 79.9. The number of aromatic nitrogens is 2. The van der Waals surface area contributed by atoms with E-state index in [-0.39, 0.29) is 18.6 Å². The molecule has 4 atom stereocenters. The van der Waals surface area contributed by atoms with Crippen LogP contribution in [0.25, 0.3) is 0 Å². The van der Waals surface area contributed by atoms with Gasteiger partial charge in [0.25, 0.3) is 5.56 Å². The van der Waals surface area contributed by atoms with Crippen LogP contribution in [0.5, 0.6) is 0 Å². The predicted molar refractivity (Wildman–Crippen MR) is 66.3 cm³/mol. The van der Waals surface area contributed by atoms with Crippen LogP contribution in [0.2, 0.25) is 0 Å².